The van der Waals surface area contributed by atoms with Crippen LogP contribution in [0.4, 0.5) is 5.82 Å². The zero-order valence-corrected chi connectivity index (χ0v) is 17.2. The Morgan fingerprint density at radius 1 is 0.906 bits per heavy atom. The summed E-state index contributed by atoms with van der Waals surface area (Å²) in [4.78, 5) is 15.3. The van der Waals surface area contributed by atoms with Crippen molar-refractivity contribution in [2.24, 2.45) is 5.10 Å². The number of aromatic nitrogens is 3. The first-order chi connectivity index (χ1) is 15.6. The summed E-state index contributed by atoms with van der Waals surface area (Å²) in [6.07, 6.45) is 1.29. The Labute approximate surface area is 183 Å². The van der Waals surface area contributed by atoms with Crippen molar-refractivity contribution in [2.75, 3.05) is 5.43 Å². The molecule has 0 aliphatic rings. The van der Waals surface area contributed by atoms with E-state index in [0.29, 0.717) is 16.7 Å². The fourth-order valence-corrected chi connectivity index (χ4v) is 3.74. The minimum absolute atomic E-state index is 0.0637. The van der Waals surface area contributed by atoms with Gasteiger partial charge in [-0.25, -0.2) is 0 Å². The van der Waals surface area contributed by atoms with E-state index in [-0.39, 0.29) is 11.3 Å². The summed E-state index contributed by atoms with van der Waals surface area (Å²) in [7, 11) is 0. The first kappa shape index (κ1) is 19.4. The number of aromatic hydroxyl groups is 1. The number of aryl methyl sites for hydroxylation is 1. The van der Waals surface area contributed by atoms with E-state index in [4.69, 9.17) is 0 Å². The van der Waals surface area contributed by atoms with Gasteiger partial charge in [0.2, 0.25) is 0 Å². The fraction of sp³-hybridized carbons (Fsp3) is 0.0400. The van der Waals surface area contributed by atoms with Gasteiger partial charge < -0.3 is 10.1 Å². The zero-order chi connectivity index (χ0) is 22.1. The highest BCUT2D eigenvalue weighted by atomic mass is 16.3. The second kappa shape index (κ2) is 7.96. The number of rotatable bonds is 4. The van der Waals surface area contributed by atoms with Crippen LogP contribution in [-0.4, -0.2) is 26.5 Å². The summed E-state index contributed by atoms with van der Waals surface area (Å²) in [6.45, 7) is 1.87. The number of hydrogen-bond donors (Lipinski definition) is 3. The van der Waals surface area contributed by atoms with Crippen molar-refractivity contribution in [2.45, 2.75) is 6.92 Å². The van der Waals surface area contributed by atoms with Gasteiger partial charge in [0, 0.05) is 21.7 Å². The van der Waals surface area contributed by atoms with Gasteiger partial charge in [0.05, 0.1) is 11.7 Å². The lowest BCUT2D eigenvalue weighted by Gasteiger charge is -2.09. The van der Waals surface area contributed by atoms with Gasteiger partial charge in [0.15, 0.2) is 5.82 Å². The van der Waals surface area contributed by atoms with E-state index in [2.05, 4.69) is 25.7 Å². The average Bonchev–Trinajstić information content (AvgIpc) is 2.82. The van der Waals surface area contributed by atoms with E-state index < -0.39 is 5.56 Å². The predicted octanol–water partition coefficient (Wildman–Crippen LogP) is 4.60. The van der Waals surface area contributed by atoms with Crippen LogP contribution in [0.25, 0.3) is 32.9 Å². The number of nitrogens with one attached hydrogen (secondary N) is 2. The van der Waals surface area contributed by atoms with E-state index in [1.807, 2.05) is 73.7 Å². The topological polar surface area (TPSA) is 103 Å². The number of pyridine rings is 1. The van der Waals surface area contributed by atoms with Gasteiger partial charge in [-0.1, -0.05) is 66.7 Å². The van der Waals surface area contributed by atoms with Crippen molar-refractivity contribution >= 4 is 33.7 Å². The Hall–Kier alpha value is -4.52. The molecule has 5 rings (SSSR count). The molecule has 0 bridgehead atoms. The van der Waals surface area contributed by atoms with Gasteiger partial charge in [-0.05, 0) is 18.6 Å². The number of para-hydroxylation sites is 1. The molecule has 32 heavy (non-hydrogen) atoms. The third kappa shape index (κ3) is 3.35. The molecule has 2 aromatic heterocycles. The van der Waals surface area contributed by atoms with Crippen LogP contribution >= 0.6 is 0 Å². The van der Waals surface area contributed by atoms with Crippen LogP contribution in [0.3, 0.4) is 0 Å². The van der Waals surface area contributed by atoms with Crippen molar-refractivity contribution in [1.29, 1.82) is 0 Å². The van der Waals surface area contributed by atoms with Gasteiger partial charge in [-0.15, -0.1) is 10.2 Å². The van der Waals surface area contributed by atoms with Gasteiger partial charge in [0.25, 0.3) is 5.56 Å². The van der Waals surface area contributed by atoms with E-state index >= 15 is 0 Å². The van der Waals surface area contributed by atoms with E-state index in [1.165, 1.54) is 6.21 Å². The maximum Gasteiger partial charge on any atom is 0.261 e. The number of nitrogens with zero attached hydrogens (tertiary/aromatic N) is 3. The third-order valence-electron chi connectivity index (χ3n) is 5.36. The van der Waals surface area contributed by atoms with Crippen molar-refractivity contribution in [3.8, 4) is 17.0 Å². The maximum atomic E-state index is 12.5. The van der Waals surface area contributed by atoms with Gasteiger partial charge in [-0.3, -0.25) is 10.2 Å². The van der Waals surface area contributed by atoms with Crippen LogP contribution in [0.15, 0.2) is 82.7 Å². The molecule has 7 nitrogen and oxygen atoms in total. The van der Waals surface area contributed by atoms with Crippen LogP contribution in [0.1, 0.15) is 11.1 Å². The molecule has 0 radical (unpaired) electrons. The largest absolute Gasteiger partial charge is 0.506 e. The molecule has 0 atom stereocenters. The Balaban J connectivity index is 1.52. The number of hydrazone groups is 1. The molecule has 0 aliphatic carbocycles. The van der Waals surface area contributed by atoms with Crippen LogP contribution in [0.5, 0.6) is 5.75 Å². The lowest BCUT2D eigenvalue weighted by molar-refractivity contribution is 0.479. The molecule has 5 aromatic rings. The highest BCUT2D eigenvalue weighted by Gasteiger charge is 2.12. The molecule has 3 N–H and O–H groups in total. The zero-order valence-electron chi connectivity index (χ0n) is 17.2. The molecular weight excluding hydrogens is 402 g/mol. The van der Waals surface area contributed by atoms with E-state index in [0.717, 1.165) is 27.6 Å². The standard InChI is InChI=1S/C25H19N5O2/c1-15-8-7-13-19-21(15)27-25(32)20(23(19)31)14-26-29-24-18-12-6-5-11-17(18)22(28-30-24)16-9-3-2-4-10-16/h2-14H,1H3,(H,29,30)(H2,27,31,32)/b26-14+. The predicted molar refractivity (Wildman–Crippen MR) is 127 cm³/mol. The molecule has 7 heteroatoms. The normalized spacial score (nSPS) is 11.4. The smallest absolute Gasteiger partial charge is 0.261 e. The lowest BCUT2D eigenvalue weighted by Crippen LogP contribution is -2.13. The number of benzene rings is 3. The molecule has 0 fully saturated rings. The number of hydrogen-bond acceptors (Lipinski definition) is 6. The molecule has 0 saturated carbocycles. The lowest BCUT2D eigenvalue weighted by atomic mass is 10.0. The average molecular weight is 421 g/mol. The van der Waals surface area contributed by atoms with Crippen LogP contribution in [0.2, 0.25) is 0 Å². The number of H-pyrrole nitrogens is 1. The van der Waals surface area contributed by atoms with E-state index in [9.17, 15) is 9.90 Å². The molecular formula is C25H19N5O2. The summed E-state index contributed by atoms with van der Waals surface area (Å²) >= 11 is 0. The summed E-state index contributed by atoms with van der Waals surface area (Å²) in [5.41, 5.74) is 5.72. The third-order valence-corrected chi connectivity index (χ3v) is 5.36. The SMILES string of the molecule is Cc1cccc2c(O)c(/C=N/Nc3nnc(-c4ccccc4)c4ccccc34)c(=O)[nH]c12. The van der Waals surface area contributed by atoms with Gasteiger partial charge >= 0.3 is 0 Å². The van der Waals surface area contributed by atoms with Gasteiger partial charge in [0.1, 0.15) is 17.0 Å². The number of anilines is 1. The number of aromatic amines is 1. The second-order valence-corrected chi connectivity index (χ2v) is 7.39. The minimum atomic E-state index is -0.426. The monoisotopic (exact) mass is 421 g/mol. The number of fused-ring (bicyclic) bond motifs is 2. The highest BCUT2D eigenvalue weighted by molar-refractivity contribution is 6.00. The molecule has 156 valence electrons. The summed E-state index contributed by atoms with van der Waals surface area (Å²) in [6, 6.07) is 23.0. The molecule has 3 aromatic carbocycles. The first-order valence-electron chi connectivity index (χ1n) is 10.1. The Kier molecular flexibility index (Phi) is 4.84. The molecule has 0 saturated heterocycles. The molecule has 0 amide bonds. The summed E-state index contributed by atoms with van der Waals surface area (Å²) in [5, 5.41) is 25.8. The molecule has 0 unspecified atom stereocenters. The Morgan fingerprint density at radius 3 is 2.44 bits per heavy atom. The van der Waals surface area contributed by atoms with Crippen molar-refractivity contribution in [3.05, 3.63) is 94.3 Å². The van der Waals surface area contributed by atoms with Crippen molar-refractivity contribution < 1.29 is 5.11 Å². The van der Waals surface area contributed by atoms with Crippen LogP contribution < -0.4 is 11.0 Å². The maximum absolute atomic E-state index is 12.5. The minimum Gasteiger partial charge on any atom is -0.506 e. The molecule has 0 spiro atoms. The van der Waals surface area contributed by atoms with E-state index in [1.54, 1.807) is 6.07 Å². The first-order valence-corrected chi connectivity index (χ1v) is 10.1. The van der Waals surface area contributed by atoms with Crippen LogP contribution in [-0.2, 0) is 0 Å². The molecule has 2 heterocycles. The van der Waals surface area contributed by atoms with Gasteiger partial charge in [-0.2, -0.15) is 5.10 Å². The summed E-state index contributed by atoms with van der Waals surface area (Å²) < 4.78 is 0. The quantitative estimate of drug-likeness (QED) is 0.291. The second-order valence-electron chi connectivity index (χ2n) is 7.39. The highest BCUT2D eigenvalue weighted by Crippen LogP contribution is 2.30. The Bertz CT molecular complexity index is 1540. The van der Waals surface area contributed by atoms with Crippen LogP contribution in [0, 0.1) is 6.92 Å². The summed E-state index contributed by atoms with van der Waals surface area (Å²) in [5.74, 6) is 0.331. The fourth-order valence-electron chi connectivity index (χ4n) is 3.74. The Morgan fingerprint density at radius 2 is 1.62 bits per heavy atom. The van der Waals surface area contributed by atoms with Crippen molar-refractivity contribution in [3.63, 3.8) is 0 Å². The van der Waals surface area contributed by atoms with Crippen molar-refractivity contribution in [1.82, 2.24) is 15.2 Å². The molecule has 0 aliphatic heterocycles.